The second-order valence-corrected chi connectivity index (χ2v) is 4.48. The Balaban J connectivity index is 2.17. The maximum absolute atomic E-state index is 12.2. The van der Waals surface area contributed by atoms with Crippen molar-refractivity contribution < 1.29 is 4.79 Å². The van der Waals surface area contributed by atoms with Crippen molar-refractivity contribution >= 4 is 29.1 Å². The number of amides is 1. The van der Waals surface area contributed by atoms with Crippen LogP contribution >= 0.6 is 23.2 Å². The van der Waals surface area contributed by atoms with E-state index in [0.29, 0.717) is 17.9 Å². The van der Waals surface area contributed by atoms with E-state index in [-0.39, 0.29) is 16.1 Å². The highest BCUT2D eigenvalue weighted by atomic mass is 35.5. The Hall–Kier alpha value is -1.59. The summed E-state index contributed by atoms with van der Waals surface area (Å²) in [4.78, 5) is 24.4. The van der Waals surface area contributed by atoms with E-state index in [2.05, 4.69) is 15.0 Å². The van der Waals surface area contributed by atoms with Crippen LogP contribution in [0.4, 0.5) is 0 Å². The maximum atomic E-state index is 12.2. The summed E-state index contributed by atoms with van der Waals surface area (Å²) < 4.78 is 0. The van der Waals surface area contributed by atoms with Crippen molar-refractivity contribution in [1.29, 1.82) is 0 Å². The van der Waals surface area contributed by atoms with Gasteiger partial charge in [0.25, 0.3) is 5.91 Å². The van der Waals surface area contributed by atoms with Gasteiger partial charge in [-0.05, 0) is 6.07 Å². The molecule has 0 aliphatic carbocycles. The van der Waals surface area contributed by atoms with Crippen molar-refractivity contribution in [2.24, 2.45) is 0 Å². The van der Waals surface area contributed by atoms with Crippen LogP contribution in [0.3, 0.4) is 0 Å². The van der Waals surface area contributed by atoms with Crippen molar-refractivity contribution in [1.82, 2.24) is 19.9 Å². The van der Waals surface area contributed by atoms with Gasteiger partial charge < -0.3 is 9.88 Å². The molecule has 0 fully saturated rings. The SMILES string of the molecule is CN(Cc1ncc[nH]1)C(=O)c1cc(Cl)ncc1Cl. The van der Waals surface area contributed by atoms with Gasteiger partial charge in [-0.1, -0.05) is 23.2 Å². The number of aromatic nitrogens is 3. The number of nitrogens with zero attached hydrogens (tertiary/aromatic N) is 3. The number of carbonyl (C=O) groups is 1. The van der Waals surface area contributed by atoms with Gasteiger partial charge in [0.1, 0.15) is 11.0 Å². The maximum Gasteiger partial charge on any atom is 0.255 e. The van der Waals surface area contributed by atoms with Gasteiger partial charge in [0.05, 0.1) is 17.1 Å². The highest BCUT2D eigenvalue weighted by Crippen LogP contribution is 2.19. The number of carbonyl (C=O) groups excluding carboxylic acids is 1. The average molecular weight is 285 g/mol. The van der Waals surface area contributed by atoms with Gasteiger partial charge >= 0.3 is 0 Å². The summed E-state index contributed by atoms with van der Waals surface area (Å²) in [5, 5.41) is 0.504. The van der Waals surface area contributed by atoms with Crippen LogP contribution in [0.15, 0.2) is 24.7 Å². The van der Waals surface area contributed by atoms with Crippen LogP contribution in [-0.4, -0.2) is 32.8 Å². The van der Waals surface area contributed by atoms with E-state index in [9.17, 15) is 4.79 Å². The molecule has 94 valence electrons. The molecule has 0 aliphatic rings. The van der Waals surface area contributed by atoms with Gasteiger partial charge in [0.15, 0.2) is 0 Å². The van der Waals surface area contributed by atoms with Crippen molar-refractivity contribution in [3.63, 3.8) is 0 Å². The largest absolute Gasteiger partial charge is 0.347 e. The first kappa shape index (κ1) is 12.9. The highest BCUT2D eigenvalue weighted by Gasteiger charge is 2.17. The van der Waals surface area contributed by atoms with E-state index < -0.39 is 0 Å². The predicted molar refractivity (Wildman–Crippen MR) is 68.6 cm³/mol. The third-order valence-corrected chi connectivity index (χ3v) is 2.85. The molecule has 0 saturated heterocycles. The molecule has 2 aromatic rings. The van der Waals surface area contributed by atoms with Crippen LogP contribution in [-0.2, 0) is 6.54 Å². The van der Waals surface area contributed by atoms with Gasteiger partial charge in [-0.15, -0.1) is 0 Å². The van der Waals surface area contributed by atoms with E-state index in [1.54, 1.807) is 19.4 Å². The number of nitrogens with one attached hydrogen (secondary N) is 1. The average Bonchev–Trinajstić information content (AvgIpc) is 2.84. The molecule has 2 heterocycles. The van der Waals surface area contributed by atoms with Crippen LogP contribution in [0.25, 0.3) is 0 Å². The molecule has 0 saturated carbocycles. The number of H-pyrrole nitrogens is 1. The lowest BCUT2D eigenvalue weighted by Crippen LogP contribution is -2.27. The molecule has 0 aliphatic heterocycles. The molecular weight excluding hydrogens is 275 g/mol. The van der Waals surface area contributed by atoms with Gasteiger partial charge in [-0.3, -0.25) is 4.79 Å². The molecular formula is C11H10Cl2N4O. The lowest BCUT2D eigenvalue weighted by molar-refractivity contribution is 0.0782. The van der Waals surface area contributed by atoms with Crippen LogP contribution in [0.1, 0.15) is 16.2 Å². The smallest absolute Gasteiger partial charge is 0.255 e. The second kappa shape index (κ2) is 5.37. The predicted octanol–water partition coefficient (Wildman–Crippen LogP) is 2.38. The minimum absolute atomic E-state index is 0.231. The first-order chi connectivity index (χ1) is 8.58. The van der Waals surface area contributed by atoms with Crippen LogP contribution < -0.4 is 0 Å². The topological polar surface area (TPSA) is 61.9 Å². The van der Waals surface area contributed by atoms with Crippen molar-refractivity contribution in [2.45, 2.75) is 6.54 Å². The molecule has 1 amide bonds. The molecule has 18 heavy (non-hydrogen) atoms. The fraction of sp³-hybridized carbons (Fsp3) is 0.182. The molecule has 0 aromatic carbocycles. The number of hydrogen-bond acceptors (Lipinski definition) is 3. The van der Waals surface area contributed by atoms with Crippen LogP contribution in [0.5, 0.6) is 0 Å². The van der Waals surface area contributed by atoms with Gasteiger partial charge in [0.2, 0.25) is 0 Å². The Kier molecular flexibility index (Phi) is 3.84. The van der Waals surface area contributed by atoms with Crippen molar-refractivity contribution in [3.05, 3.63) is 46.2 Å². The van der Waals surface area contributed by atoms with Gasteiger partial charge in [-0.2, -0.15) is 0 Å². The summed E-state index contributed by atoms with van der Waals surface area (Å²) in [5.74, 6) is 0.461. The second-order valence-electron chi connectivity index (χ2n) is 3.68. The molecule has 1 N–H and O–H groups in total. The molecule has 5 nitrogen and oxygen atoms in total. The number of hydrogen-bond donors (Lipinski definition) is 1. The zero-order chi connectivity index (χ0) is 13.1. The minimum atomic E-state index is -0.235. The summed E-state index contributed by atoms with van der Waals surface area (Å²) in [6, 6.07) is 1.45. The summed E-state index contributed by atoms with van der Waals surface area (Å²) in [6.07, 6.45) is 4.69. The molecule has 7 heteroatoms. The standard InChI is InChI=1S/C11H10Cl2N4O/c1-17(6-10-14-2-3-15-10)11(18)7-4-9(13)16-5-8(7)12/h2-5H,6H2,1H3,(H,14,15). The Morgan fingerprint density at radius 2 is 2.22 bits per heavy atom. The third kappa shape index (κ3) is 2.80. The van der Waals surface area contributed by atoms with E-state index in [1.807, 2.05) is 0 Å². The van der Waals surface area contributed by atoms with E-state index in [1.165, 1.54) is 17.2 Å². The van der Waals surface area contributed by atoms with Crippen LogP contribution in [0.2, 0.25) is 10.2 Å². The number of imidazole rings is 1. The summed E-state index contributed by atoms with van der Waals surface area (Å²) in [7, 11) is 1.66. The van der Waals surface area contributed by atoms with Crippen LogP contribution in [0, 0.1) is 0 Å². The molecule has 0 atom stereocenters. The summed E-state index contributed by atoms with van der Waals surface area (Å²) in [6.45, 7) is 0.363. The molecule has 0 spiro atoms. The van der Waals surface area contributed by atoms with E-state index in [4.69, 9.17) is 23.2 Å². The quantitative estimate of drug-likeness (QED) is 0.881. The lowest BCUT2D eigenvalue weighted by Gasteiger charge is -2.16. The lowest BCUT2D eigenvalue weighted by atomic mass is 10.2. The minimum Gasteiger partial charge on any atom is -0.347 e. The first-order valence-corrected chi connectivity index (χ1v) is 5.88. The Labute approximate surface area is 114 Å². The summed E-state index contributed by atoms with van der Waals surface area (Å²) in [5.41, 5.74) is 0.325. The first-order valence-electron chi connectivity index (χ1n) is 5.12. The molecule has 2 rings (SSSR count). The Bertz CT molecular complexity index is 556. The fourth-order valence-electron chi connectivity index (χ4n) is 1.46. The van der Waals surface area contributed by atoms with Gasteiger partial charge in [0, 0.05) is 25.6 Å². The third-order valence-electron chi connectivity index (χ3n) is 2.34. The zero-order valence-electron chi connectivity index (χ0n) is 9.52. The highest BCUT2D eigenvalue weighted by molar-refractivity contribution is 6.35. The van der Waals surface area contributed by atoms with Gasteiger partial charge in [-0.25, -0.2) is 9.97 Å². The molecule has 2 aromatic heterocycles. The number of halogens is 2. The number of rotatable bonds is 3. The Morgan fingerprint density at radius 3 is 2.89 bits per heavy atom. The normalized spacial score (nSPS) is 10.4. The van der Waals surface area contributed by atoms with E-state index in [0.717, 1.165) is 0 Å². The fourth-order valence-corrected chi connectivity index (χ4v) is 1.81. The van der Waals surface area contributed by atoms with E-state index >= 15 is 0 Å². The number of pyridine rings is 1. The number of aromatic amines is 1. The monoisotopic (exact) mass is 284 g/mol. The molecule has 0 unspecified atom stereocenters. The Morgan fingerprint density at radius 1 is 1.44 bits per heavy atom. The van der Waals surface area contributed by atoms with Crippen molar-refractivity contribution in [3.8, 4) is 0 Å². The zero-order valence-corrected chi connectivity index (χ0v) is 11.0. The molecule has 0 radical (unpaired) electrons. The summed E-state index contributed by atoms with van der Waals surface area (Å²) >= 11 is 11.7. The van der Waals surface area contributed by atoms with Crippen molar-refractivity contribution in [2.75, 3.05) is 7.05 Å². The molecule has 0 bridgehead atoms.